The SMILES string of the molecule is Cc1n[nH]c(C)c1S(=O)(=O)NCC(Cc1ccccc1)N1CCCCC1. The predicted molar refractivity (Wildman–Crippen MR) is 103 cm³/mol. The Bertz CT molecular complexity index is 792. The summed E-state index contributed by atoms with van der Waals surface area (Å²) in [7, 11) is -3.57. The Morgan fingerprint density at radius 3 is 2.46 bits per heavy atom. The first kappa shape index (κ1) is 19.1. The molecule has 2 N–H and O–H groups in total. The molecule has 26 heavy (non-hydrogen) atoms. The minimum Gasteiger partial charge on any atom is -0.299 e. The molecule has 6 nitrogen and oxygen atoms in total. The van der Waals surface area contributed by atoms with E-state index in [1.807, 2.05) is 18.2 Å². The molecule has 0 amide bonds. The van der Waals surface area contributed by atoms with Gasteiger partial charge in [0.25, 0.3) is 0 Å². The second-order valence-electron chi connectivity index (χ2n) is 7.06. The van der Waals surface area contributed by atoms with Crippen LogP contribution in [0.2, 0.25) is 0 Å². The number of nitrogens with zero attached hydrogens (tertiary/aromatic N) is 2. The maximum Gasteiger partial charge on any atom is 0.244 e. The number of nitrogens with one attached hydrogen (secondary N) is 2. The molecule has 3 rings (SSSR count). The van der Waals surface area contributed by atoms with E-state index in [0.717, 1.165) is 19.5 Å². The van der Waals surface area contributed by atoms with Gasteiger partial charge in [0, 0.05) is 12.6 Å². The summed E-state index contributed by atoms with van der Waals surface area (Å²) in [5.74, 6) is 0. The molecular formula is C19H28N4O2S. The van der Waals surface area contributed by atoms with Gasteiger partial charge < -0.3 is 0 Å². The van der Waals surface area contributed by atoms with Crippen molar-refractivity contribution in [1.82, 2.24) is 19.8 Å². The van der Waals surface area contributed by atoms with Crippen LogP contribution in [-0.4, -0.2) is 49.2 Å². The van der Waals surface area contributed by atoms with E-state index < -0.39 is 10.0 Å². The van der Waals surface area contributed by atoms with Gasteiger partial charge in [-0.3, -0.25) is 10.00 Å². The summed E-state index contributed by atoms with van der Waals surface area (Å²) in [6.07, 6.45) is 4.45. The van der Waals surface area contributed by atoms with Crippen LogP contribution in [0, 0.1) is 13.8 Å². The van der Waals surface area contributed by atoms with Crippen molar-refractivity contribution in [3.63, 3.8) is 0 Å². The quantitative estimate of drug-likeness (QED) is 0.778. The largest absolute Gasteiger partial charge is 0.299 e. The number of aromatic amines is 1. The Morgan fingerprint density at radius 1 is 1.15 bits per heavy atom. The molecule has 0 radical (unpaired) electrons. The molecule has 0 spiro atoms. The van der Waals surface area contributed by atoms with E-state index in [2.05, 4.69) is 32.0 Å². The monoisotopic (exact) mass is 376 g/mol. The molecule has 1 saturated heterocycles. The van der Waals surface area contributed by atoms with Crippen molar-refractivity contribution in [2.24, 2.45) is 0 Å². The fraction of sp³-hybridized carbons (Fsp3) is 0.526. The van der Waals surface area contributed by atoms with Crippen LogP contribution >= 0.6 is 0 Å². The number of aryl methyl sites for hydroxylation is 2. The lowest BCUT2D eigenvalue weighted by Crippen LogP contribution is -2.47. The first-order valence-electron chi connectivity index (χ1n) is 9.26. The zero-order chi connectivity index (χ0) is 18.6. The lowest BCUT2D eigenvalue weighted by Gasteiger charge is -2.34. The predicted octanol–water partition coefficient (Wildman–Crippen LogP) is 2.40. The van der Waals surface area contributed by atoms with Gasteiger partial charge in [0.15, 0.2) is 0 Å². The van der Waals surface area contributed by atoms with Gasteiger partial charge in [0.2, 0.25) is 10.0 Å². The maximum atomic E-state index is 12.8. The first-order valence-corrected chi connectivity index (χ1v) is 10.7. The van der Waals surface area contributed by atoms with E-state index >= 15 is 0 Å². The zero-order valence-electron chi connectivity index (χ0n) is 15.5. The molecule has 2 heterocycles. The molecule has 1 atom stereocenters. The maximum absolute atomic E-state index is 12.8. The fourth-order valence-electron chi connectivity index (χ4n) is 3.71. The van der Waals surface area contributed by atoms with Crippen molar-refractivity contribution in [1.29, 1.82) is 0 Å². The van der Waals surface area contributed by atoms with Gasteiger partial charge in [-0.15, -0.1) is 0 Å². The summed E-state index contributed by atoms with van der Waals surface area (Å²) in [5.41, 5.74) is 2.32. The molecule has 1 fully saturated rings. The standard InChI is InChI=1S/C19H28N4O2S/c1-15-19(16(2)22-21-15)26(24,25)20-14-18(23-11-7-4-8-12-23)13-17-9-5-3-6-10-17/h3,5-6,9-10,18,20H,4,7-8,11-14H2,1-2H3,(H,21,22). The second-order valence-corrected chi connectivity index (χ2v) is 8.76. The molecule has 142 valence electrons. The topological polar surface area (TPSA) is 78.1 Å². The Balaban J connectivity index is 1.74. The summed E-state index contributed by atoms with van der Waals surface area (Å²) in [6, 6.07) is 10.4. The van der Waals surface area contributed by atoms with Crippen molar-refractivity contribution in [3.05, 3.63) is 47.3 Å². The molecule has 0 aliphatic carbocycles. The number of hydrogen-bond acceptors (Lipinski definition) is 4. The number of benzene rings is 1. The minimum atomic E-state index is -3.57. The van der Waals surface area contributed by atoms with Crippen molar-refractivity contribution in [3.8, 4) is 0 Å². The van der Waals surface area contributed by atoms with Gasteiger partial charge in [-0.25, -0.2) is 13.1 Å². The van der Waals surface area contributed by atoms with Crippen LogP contribution in [0.4, 0.5) is 0 Å². The molecule has 0 bridgehead atoms. The van der Waals surface area contributed by atoms with Gasteiger partial charge in [-0.1, -0.05) is 36.8 Å². The highest BCUT2D eigenvalue weighted by Crippen LogP contribution is 2.19. The number of hydrogen-bond donors (Lipinski definition) is 2. The third-order valence-corrected chi connectivity index (χ3v) is 6.75. The number of rotatable bonds is 7. The van der Waals surface area contributed by atoms with Gasteiger partial charge in [-0.2, -0.15) is 5.10 Å². The Hall–Kier alpha value is -1.70. The highest BCUT2D eigenvalue weighted by molar-refractivity contribution is 7.89. The van der Waals surface area contributed by atoms with Crippen LogP contribution in [0.25, 0.3) is 0 Å². The molecule has 1 aliphatic heterocycles. The van der Waals surface area contributed by atoms with E-state index in [9.17, 15) is 8.42 Å². The number of H-pyrrole nitrogens is 1. The smallest absolute Gasteiger partial charge is 0.244 e. The normalized spacial score (nSPS) is 17.3. The molecule has 0 saturated carbocycles. The van der Waals surface area contributed by atoms with E-state index in [1.165, 1.54) is 24.8 Å². The molecule has 1 aromatic heterocycles. The van der Waals surface area contributed by atoms with E-state index in [4.69, 9.17) is 0 Å². The van der Waals surface area contributed by atoms with Gasteiger partial charge in [-0.05, 0) is 51.8 Å². The number of piperidine rings is 1. The third kappa shape index (κ3) is 4.52. The molecule has 2 aromatic rings. The lowest BCUT2D eigenvalue weighted by molar-refractivity contribution is 0.163. The summed E-state index contributed by atoms with van der Waals surface area (Å²) in [4.78, 5) is 2.70. The van der Waals surface area contributed by atoms with Crippen LogP contribution in [0.15, 0.2) is 35.2 Å². The molecule has 7 heteroatoms. The van der Waals surface area contributed by atoms with E-state index in [0.29, 0.717) is 17.9 Å². The Labute approximate surface area is 156 Å². The van der Waals surface area contributed by atoms with Crippen molar-refractivity contribution in [2.45, 2.75) is 50.5 Å². The molecule has 1 aromatic carbocycles. The van der Waals surface area contributed by atoms with E-state index in [-0.39, 0.29) is 10.9 Å². The van der Waals surface area contributed by atoms with Gasteiger partial charge in [0.1, 0.15) is 4.90 Å². The fourth-order valence-corrected chi connectivity index (χ4v) is 5.15. The number of likely N-dealkylation sites (tertiary alicyclic amines) is 1. The number of sulfonamides is 1. The van der Waals surface area contributed by atoms with E-state index in [1.54, 1.807) is 13.8 Å². The van der Waals surface area contributed by atoms with Crippen LogP contribution in [0.1, 0.15) is 36.2 Å². The van der Waals surface area contributed by atoms with Crippen molar-refractivity contribution in [2.75, 3.05) is 19.6 Å². The highest BCUT2D eigenvalue weighted by atomic mass is 32.2. The molecule has 1 unspecified atom stereocenters. The molecule has 1 aliphatic rings. The average Bonchev–Trinajstić information content (AvgIpc) is 2.99. The Kier molecular flexibility index (Phi) is 6.11. The minimum absolute atomic E-state index is 0.153. The van der Waals surface area contributed by atoms with Gasteiger partial charge in [0.05, 0.1) is 11.4 Å². The third-order valence-electron chi connectivity index (χ3n) is 5.06. The summed E-state index contributed by atoms with van der Waals surface area (Å²) >= 11 is 0. The lowest BCUT2D eigenvalue weighted by atomic mass is 10.0. The average molecular weight is 377 g/mol. The highest BCUT2D eigenvalue weighted by Gasteiger charge is 2.26. The number of aromatic nitrogens is 2. The first-order chi connectivity index (χ1) is 12.5. The van der Waals surface area contributed by atoms with Crippen LogP contribution < -0.4 is 4.72 Å². The summed E-state index contributed by atoms with van der Waals surface area (Å²) < 4.78 is 28.4. The summed E-state index contributed by atoms with van der Waals surface area (Å²) in [6.45, 7) is 5.91. The summed E-state index contributed by atoms with van der Waals surface area (Å²) in [5, 5.41) is 6.77. The zero-order valence-corrected chi connectivity index (χ0v) is 16.3. The molecular weight excluding hydrogens is 348 g/mol. The van der Waals surface area contributed by atoms with Crippen molar-refractivity contribution >= 4 is 10.0 Å². The van der Waals surface area contributed by atoms with Crippen LogP contribution in [0.3, 0.4) is 0 Å². The van der Waals surface area contributed by atoms with Crippen LogP contribution in [0.5, 0.6) is 0 Å². The van der Waals surface area contributed by atoms with Gasteiger partial charge >= 0.3 is 0 Å². The van der Waals surface area contributed by atoms with Crippen LogP contribution in [-0.2, 0) is 16.4 Å². The van der Waals surface area contributed by atoms with Crippen molar-refractivity contribution < 1.29 is 8.42 Å². The Morgan fingerprint density at radius 2 is 1.85 bits per heavy atom. The second kappa shape index (κ2) is 8.33.